The van der Waals surface area contributed by atoms with Crippen LogP contribution in [0.15, 0.2) is 24.3 Å². The summed E-state index contributed by atoms with van der Waals surface area (Å²) in [6, 6.07) is 7.84. The number of carbonyl (C=O) groups excluding carboxylic acids is 2. The van der Waals surface area contributed by atoms with Gasteiger partial charge in [-0.1, -0.05) is 38.3 Å². The van der Waals surface area contributed by atoms with E-state index in [0.717, 1.165) is 77.4 Å². The third-order valence-electron chi connectivity index (χ3n) is 7.30. The number of amides is 2. The molecule has 32 heavy (non-hydrogen) atoms. The number of hydrogen-bond acceptors (Lipinski definition) is 3. The minimum atomic E-state index is -0.0385. The minimum absolute atomic E-state index is 0.0385. The molecule has 2 saturated carbocycles. The SMILES string of the molecule is CCCN1CCCCCCN(C(=O)CC2CC2)[C@@H]2CCCC[C@@H]2Oc2ccccc2C1=O. The minimum Gasteiger partial charge on any atom is -0.487 e. The average Bonchev–Trinajstić information content (AvgIpc) is 3.62. The number of carbonyl (C=O) groups is 2. The lowest BCUT2D eigenvalue weighted by atomic mass is 9.90. The van der Waals surface area contributed by atoms with Crippen LogP contribution in [0.4, 0.5) is 0 Å². The van der Waals surface area contributed by atoms with Gasteiger partial charge in [-0.25, -0.2) is 0 Å². The van der Waals surface area contributed by atoms with Crippen molar-refractivity contribution < 1.29 is 14.3 Å². The maximum atomic E-state index is 13.4. The van der Waals surface area contributed by atoms with E-state index in [9.17, 15) is 9.59 Å². The van der Waals surface area contributed by atoms with Gasteiger partial charge in [0.05, 0.1) is 11.6 Å². The normalized spacial score (nSPS) is 25.3. The second kappa shape index (κ2) is 11.2. The van der Waals surface area contributed by atoms with Crippen LogP contribution in [-0.2, 0) is 4.79 Å². The summed E-state index contributed by atoms with van der Waals surface area (Å²) in [5.41, 5.74) is 0.665. The molecule has 1 aromatic rings. The van der Waals surface area contributed by atoms with Crippen molar-refractivity contribution in [3.8, 4) is 5.75 Å². The van der Waals surface area contributed by atoms with E-state index in [4.69, 9.17) is 4.74 Å². The molecule has 2 fully saturated rings. The van der Waals surface area contributed by atoms with Crippen LogP contribution in [0.3, 0.4) is 0 Å². The van der Waals surface area contributed by atoms with Crippen LogP contribution in [0.1, 0.15) is 94.3 Å². The third kappa shape index (κ3) is 5.85. The van der Waals surface area contributed by atoms with Gasteiger partial charge in [-0.2, -0.15) is 0 Å². The van der Waals surface area contributed by atoms with Gasteiger partial charge in [0.1, 0.15) is 11.9 Å². The van der Waals surface area contributed by atoms with Gasteiger partial charge in [-0.15, -0.1) is 0 Å². The van der Waals surface area contributed by atoms with E-state index >= 15 is 0 Å². The highest BCUT2D eigenvalue weighted by Gasteiger charge is 2.37. The van der Waals surface area contributed by atoms with E-state index < -0.39 is 0 Å². The summed E-state index contributed by atoms with van der Waals surface area (Å²) in [5, 5.41) is 0. The van der Waals surface area contributed by atoms with E-state index in [1.54, 1.807) is 0 Å². The van der Waals surface area contributed by atoms with Crippen LogP contribution in [0.5, 0.6) is 5.75 Å². The number of nitrogens with zero attached hydrogens (tertiary/aromatic N) is 2. The van der Waals surface area contributed by atoms with Crippen molar-refractivity contribution in [2.75, 3.05) is 19.6 Å². The summed E-state index contributed by atoms with van der Waals surface area (Å²) < 4.78 is 6.60. The number of hydrogen-bond donors (Lipinski definition) is 0. The van der Waals surface area contributed by atoms with Gasteiger partial charge in [0.25, 0.3) is 5.91 Å². The summed E-state index contributed by atoms with van der Waals surface area (Å²) in [5.74, 6) is 1.68. The number of para-hydroxylation sites is 1. The van der Waals surface area contributed by atoms with Gasteiger partial charge in [-0.3, -0.25) is 9.59 Å². The molecular weight excluding hydrogens is 400 g/mol. The topological polar surface area (TPSA) is 49.9 Å². The summed E-state index contributed by atoms with van der Waals surface area (Å²) in [6.07, 6.45) is 12.5. The van der Waals surface area contributed by atoms with Gasteiger partial charge >= 0.3 is 0 Å². The number of rotatable bonds is 4. The molecule has 1 aromatic carbocycles. The predicted octanol–water partition coefficient (Wildman–Crippen LogP) is 5.43. The highest BCUT2D eigenvalue weighted by Crippen LogP contribution is 2.35. The number of ether oxygens (including phenoxy) is 1. The van der Waals surface area contributed by atoms with Gasteiger partial charge < -0.3 is 14.5 Å². The highest BCUT2D eigenvalue weighted by molar-refractivity contribution is 5.97. The van der Waals surface area contributed by atoms with Crippen LogP contribution >= 0.6 is 0 Å². The Morgan fingerprint density at radius 3 is 2.50 bits per heavy atom. The summed E-state index contributed by atoms with van der Waals surface area (Å²) in [6.45, 7) is 4.54. The zero-order valence-electron chi connectivity index (χ0n) is 19.8. The fraction of sp³-hybridized carbons (Fsp3) is 0.704. The molecule has 0 bridgehead atoms. The molecule has 0 unspecified atom stereocenters. The second-order valence-corrected chi connectivity index (χ2v) is 9.95. The average molecular weight is 441 g/mol. The van der Waals surface area contributed by atoms with Gasteiger partial charge in [0, 0.05) is 26.1 Å². The van der Waals surface area contributed by atoms with Crippen molar-refractivity contribution in [2.24, 2.45) is 5.92 Å². The molecule has 0 aromatic heterocycles. The molecule has 2 aliphatic carbocycles. The van der Waals surface area contributed by atoms with E-state index in [1.807, 2.05) is 29.2 Å². The largest absolute Gasteiger partial charge is 0.487 e. The van der Waals surface area contributed by atoms with E-state index in [2.05, 4.69) is 11.8 Å². The molecule has 1 heterocycles. The zero-order chi connectivity index (χ0) is 22.3. The smallest absolute Gasteiger partial charge is 0.257 e. The van der Waals surface area contributed by atoms with E-state index in [0.29, 0.717) is 29.6 Å². The van der Waals surface area contributed by atoms with Gasteiger partial charge in [0.2, 0.25) is 5.91 Å². The number of benzene rings is 1. The van der Waals surface area contributed by atoms with Crippen molar-refractivity contribution in [3.63, 3.8) is 0 Å². The molecule has 4 rings (SSSR count). The Morgan fingerprint density at radius 2 is 1.72 bits per heavy atom. The maximum Gasteiger partial charge on any atom is 0.257 e. The molecule has 3 aliphatic rings. The van der Waals surface area contributed by atoms with Crippen LogP contribution in [0.2, 0.25) is 0 Å². The van der Waals surface area contributed by atoms with Crippen molar-refractivity contribution in [1.29, 1.82) is 0 Å². The molecule has 0 spiro atoms. The van der Waals surface area contributed by atoms with Crippen molar-refractivity contribution in [1.82, 2.24) is 9.80 Å². The lowest BCUT2D eigenvalue weighted by Gasteiger charge is -2.40. The predicted molar refractivity (Wildman–Crippen MR) is 127 cm³/mol. The second-order valence-electron chi connectivity index (χ2n) is 9.95. The highest BCUT2D eigenvalue weighted by atomic mass is 16.5. The van der Waals surface area contributed by atoms with Crippen LogP contribution in [-0.4, -0.2) is 53.4 Å². The first kappa shape index (κ1) is 23.1. The molecule has 0 saturated heterocycles. The zero-order valence-corrected chi connectivity index (χ0v) is 19.8. The fourth-order valence-electron chi connectivity index (χ4n) is 5.34. The third-order valence-corrected chi connectivity index (χ3v) is 7.30. The quantitative estimate of drug-likeness (QED) is 0.627. The molecule has 0 radical (unpaired) electrons. The van der Waals surface area contributed by atoms with Crippen LogP contribution in [0, 0.1) is 5.92 Å². The Kier molecular flexibility index (Phi) is 8.10. The Bertz CT molecular complexity index is 776. The Labute approximate surface area is 193 Å². The Morgan fingerprint density at radius 1 is 0.969 bits per heavy atom. The lowest BCUT2D eigenvalue weighted by molar-refractivity contribution is -0.137. The van der Waals surface area contributed by atoms with Crippen molar-refractivity contribution >= 4 is 11.8 Å². The molecule has 5 heteroatoms. The van der Waals surface area contributed by atoms with Crippen molar-refractivity contribution in [2.45, 2.75) is 96.1 Å². The Hall–Kier alpha value is -2.04. The van der Waals surface area contributed by atoms with Gasteiger partial charge in [0.15, 0.2) is 0 Å². The van der Waals surface area contributed by atoms with Crippen LogP contribution in [0.25, 0.3) is 0 Å². The molecule has 2 atom stereocenters. The van der Waals surface area contributed by atoms with Crippen molar-refractivity contribution in [3.05, 3.63) is 29.8 Å². The first-order valence-corrected chi connectivity index (χ1v) is 13.0. The molecule has 176 valence electrons. The lowest BCUT2D eigenvalue weighted by Crippen LogP contribution is -2.51. The maximum absolute atomic E-state index is 13.4. The molecule has 5 nitrogen and oxygen atoms in total. The molecule has 0 N–H and O–H groups in total. The first-order valence-electron chi connectivity index (χ1n) is 13.0. The molecular formula is C27H40N2O3. The monoisotopic (exact) mass is 440 g/mol. The number of fused-ring (bicyclic) bond motifs is 2. The summed E-state index contributed by atoms with van der Waals surface area (Å²) in [7, 11) is 0. The summed E-state index contributed by atoms with van der Waals surface area (Å²) >= 11 is 0. The molecule has 1 aliphatic heterocycles. The van der Waals surface area contributed by atoms with Gasteiger partial charge in [-0.05, 0) is 69.4 Å². The summed E-state index contributed by atoms with van der Waals surface area (Å²) in [4.78, 5) is 30.9. The Balaban J connectivity index is 1.61. The standard InChI is InChI=1S/C27H40N2O3/c1-2-17-28-18-9-3-4-10-19-29(26(30)20-21-15-16-21)23-12-6-8-14-25(23)32-24-13-7-5-11-22(24)27(28)31/h5,7,11,13,21,23,25H,2-4,6,8-10,12,14-20H2,1H3/t23-,25+/m1/s1. The van der Waals surface area contributed by atoms with Crippen LogP contribution < -0.4 is 4.74 Å². The van der Waals surface area contributed by atoms with E-state index in [1.165, 1.54) is 12.8 Å². The molecule has 2 amide bonds. The first-order chi connectivity index (χ1) is 15.7. The fourth-order valence-corrected chi connectivity index (χ4v) is 5.34. The van der Waals surface area contributed by atoms with E-state index in [-0.39, 0.29) is 18.1 Å².